The van der Waals surface area contributed by atoms with Crippen molar-refractivity contribution in [3.63, 3.8) is 0 Å². The maximum atomic E-state index is 11.6. The van der Waals surface area contributed by atoms with E-state index in [0.29, 0.717) is 5.69 Å². The summed E-state index contributed by atoms with van der Waals surface area (Å²) in [6.45, 7) is 6.22. The molecular weight excluding hydrogens is 316 g/mol. The molecule has 0 aliphatic carbocycles. The monoisotopic (exact) mass is 340 g/mol. The zero-order chi connectivity index (χ0) is 18.9. The molecule has 8 heteroatoms. The van der Waals surface area contributed by atoms with Gasteiger partial charge in [-0.3, -0.25) is 4.79 Å². The van der Waals surface area contributed by atoms with Crippen molar-refractivity contribution in [3.8, 4) is 0 Å². The number of rotatable bonds is 4. The van der Waals surface area contributed by atoms with Gasteiger partial charge in [0.15, 0.2) is 0 Å². The fourth-order valence-electron chi connectivity index (χ4n) is 1.54. The highest BCUT2D eigenvalue weighted by atomic mass is 16.6. The van der Waals surface area contributed by atoms with E-state index in [1.165, 1.54) is 0 Å². The summed E-state index contributed by atoms with van der Waals surface area (Å²) in [5.41, 5.74) is 6.25. The third kappa shape index (κ3) is 10.9. The fraction of sp³-hybridized carbons (Fsp3) is 0.438. The van der Waals surface area contributed by atoms with Crippen LogP contribution in [0.2, 0.25) is 0 Å². The van der Waals surface area contributed by atoms with Gasteiger partial charge in [0.25, 0.3) is 5.97 Å². The molecule has 0 heterocycles. The number of amides is 1. The normalized spacial score (nSPS) is 11.5. The highest BCUT2D eigenvalue weighted by Crippen LogP contribution is 2.10. The SMILES string of the molecule is CC(=O)O.CC(C)(C)OC(=O)N[C@@H](Cc1ccc(N)cc1)C(=O)O. The maximum absolute atomic E-state index is 11.6. The van der Waals surface area contributed by atoms with Crippen LogP contribution in [0.3, 0.4) is 0 Å². The third-order valence-corrected chi connectivity index (χ3v) is 2.41. The van der Waals surface area contributed by atoms with Crippen LogP contribution >= 0.6 is 0 Å². The van der Waals surface area contributed by atoms with E-state index in [1.54, 1.807) is 45.0 Å². The predicted octanol–water partition coefficient (Wildman–Crippen LogP) is 1.88. The van der Waals surface area contributed by atoms with Crippen molar-refractivity contribution in [2.45, 2.75) is 45.8 Å². The summed E-state index contributed by atoms with van der Waals surface area (Å²) in [6.07, 6.45) is -0.588. The van der Waals surface area contributed by atoms with Gasteiger partial charge in [-0.15, -0.1) is 0 Å². The van der Waals surface area contributed by atoms with Crippen molar-refractivity contribution < 1.29 is 29.3 Å². The number of carboxylic acids is 2. The number of benzene rings is 1. The molecule has 0 saturated carbocycles. The van der Waals surface area contributed by atoms with Crippen LogP contribution in [0.5, 0.6) is 0 Å². The van der Waals surface area contributed by atoms with Gasteiger partial charge in [-0.25, -0.2) is 9.59 Å². The Morgan fingerprint density at radius 2 is 1.62 bits per heavy atom. The van der Waals surface area contributed by atoms with Crippen molar-refractivity contribution in [2.24, 2.45) is 0 Å². The number of carboxylic acid groups (broad SMARTS) is 2. The Bertz CT molecular complexity index is 559. The van der Waals surface area contributed by atoms with Crippen LogP contribution in [0.25, 0.3) is 0 Å². The molecular formula is C16H24N2O6. The van der Waals surface area contributed by atoms with E-state index in [1.807, 2.05) is 0 Å². The highest BCUT2D eigenvalue weighted by molar-refractivity contribution is 5.80. The van der Waals surface area contributed by atoms with Gasteiger partial charge in [0.1, 0.15) is 11.6 Å². The van der Waals surface area contributed by atoms with E-state index in [0.717, 1.165) is 12.5 Å². The van der Waals surface area contributed by atoms with E-state index in [-0.39, 0.29) is 6.42 Å². The molecule has 0 aromatic heterocycles. The number of nitrogens with one attached hydrogen (secondary N) is 1. The Morgan fingerprint density at radius 3 is 2.00 bits per heavy atom. The lowest BCUT2D eigenvalue weighted by atomic mass is 10.1. The number of hydrogen-bond donors (Lipinski definition) is 4. The van der Waals surface area contributed by atoms with Crippen molar-refractivity contribution in [3.05, 3.63) is 29.8 Å². The Labute approximate surface area is 140 Å². The first-order valence-corrected chi connectivity index (χ1v) is 7.17. The minimum Gasteiger partial charge on any atom is -0.481 e. The molecule has 24 heavy (non-hydrogen) atoms. The first-order chi connectivity index (χ1) is 10.9. The molecule has 1 atom stereocenters. The lowest BCUT2D eigenvalue weighted by Crippen LogP contribution is -2.44. The van der Waals surface area contributed by atoms with E-state index >= 15 is 0 Å². The van der Waals surface area contributed by atoms with Gasteiger partial charge in [-0.1, -0.05) is 12.1 Å². The summed E-state index contributed by atoms with van der Waals surface area (Å²) in [4.78, 5) is 31.8. The largest absolute Gasteiger partial charge is 0.481 e. The average Bonchev–Trinajstić information content (AvgIpc) is 2.37. The number of ether oxygens (including phenoxy) is 1. The van der Waals surface area contributed by atoms with Gasteiger partial charge in [0.2, 0.25) is 0 Å². The summed E-state index contributed by atoms with van der Waals surface area (Å²) < 4.78 is 5.04. The Hall–Kier alpha value is -2.77. The van der Waals surface area contributed by atoms with Crippen LogP contribution in [0.15, 0.2) is 24.3 Å². The lowest BCUT2D eigenvalue weighted by Gasteiger charge is -2.22. The van der Waals surface area contributed by atoms with Gasteiger partial charge in [0, 0.05) is 19.0 Å². The minimum absolute atomic E-state index is 0.162. The van der Waals surface area contributed by atoms with Crippen molar-refractivity contribution >= 4 is 23.7 Å². The second kappa shape index (κ2) is 9.39. The Kier molecular flexibility index (Phi) is 8.30. The maximum Gasteiger partial charge on any atom is 0.408 e. The molecule has 1 rings (SSSR count). The van der Waals surface area contributed by atoms with Gasteiger partial charge in [-0.2, -0.15) is 0 Å². The van der Waals surface area contributed by atoms with Gasteiger partial charge in [0.05, 0.1) is 0 Å². The number of hydrogen-bond acceptors (Lipinski definition) is 5. The van der Waals surface area contributed by atoms with Crippen molar-refractivity contribution in [1.82, 2.24) is 5.32 Å². The van der Waals surface area contributed by atoms with Crippen molar-refractivity contribution in [2.75, 3.05) is 5.73 Å². The van der Waals surface area contributed by atoms with Crippen LogP contribution in [0, 0.1) is 0 Å². The van der Waals surface area contributed by atoms with E-state index in [9.17, 15) is 9.59 Å². The van der Waals surface area contributed by atoms with E-state index in [4.69, 9.17) is 25.5 Å². The number of carbonyl (C=O) groups is 3. The molecule has 1 amide bonds. The van der Waals surface area contributed by atoms with Crippen LogP contribution in [-0.2, 0) is 20.7 Å². The average molecular weight is 340 g/mol. The second-order valence-electron chi connectivity index (χ2n) is 6.00. The molecule has 1 aromatic rings. The van der Waals surface area contributed by atoms with Crippen molar-refractivity contribution in [1.29, 1.82) is 0 Å². The quantitative estimate of drug-likeness (QED) is 0.614. The number of nitrogen functional groups attached to an aromatic ring is 1. The first kappa shape index (κ1) is 21.2. The molecule has 0 aliphatic heterocycles. The Balaban J connectivity index is 0.00000118. The first-order valence-electron chi connectivity index (χ1n) is 7.17. The van der Waals surface area contributed by atoms with Gasteiger partial charge < -0.3 is 26.0 Å². The zero-order valence-electron chi connectivity index (χ0n) is 14.2. The number of alkyl carbamates (subject to hydrolysis) is 1. The zero-order valence-corrected chi connectivity index (χ0v) is 14.2. The number of carbonyl (C=O) groups excluding carboxylic acids is 1. The predicted molar refractivity (Wildman–Crippen MR) is 88.7 cm³/mol. The molecule has 5 N–H and O–H groups in total. The fourth-order valence-corrected chi connectivity index (χ4v) is 1.54. The minimum atomic E-state index is -1.12. The summed E-state index contributed by atoms with van der Waals surface area (Å²) in [7, 11) is 0. The van der Waals surface area contributed by atoms with Crippen LogP contribution < -0.4 is 11.1 Å². The molecule has 0 saturated heterocycles. The Morgan fingerprint density at radius 1 is 1.17 bits per heavy atom. The highest BCUT2D eigenvalue weighted by Gasteiger charge is 2.24. The van der Waals surface area contributed by atoms with Crippen LogP contribution in [0.4, 0.5) is 10.5 Å². The molecule has 134 valence electrons. The molecule has 8 nitrogen and oxygen atoms in total. The number of aliphatic carboxylic acids is 2. The molecule has 0 radical (unpaired) electrons. The topological polar surface area (TPSA) is 139 Å². The standard InChI is InChI=1S/C14H20N2O4.C2H4O2/c1-14(2,3)20-13(19)16-11(12(17)18)8-9-4-6-10(15)7-5-9;1-2(3)4/h4-7,11H,8,15H2,1-3H3,(H,16,19)(H,17,18);1H3,(H,3,4)/t11-;/m0./s1. The van der Waals surface area contributed by atoms with Gasteiger partial charge in [-0.05, 0) is 38.5 Å². The molecule has 0 spiro atoms. The second-order valence-corrected chi connectivity index (χ2v) is 6.00. The van der Waals surface area contributed by atoms with E-state index < -0.39 is 29.7 Å². The summed E-state index contributed by atoms with van der Waals surface area (Å²) >= 11 is 0. The third-order valence-electron chi connectivity index (χ3n) is 2.41. The smallest absolute Gasteiger partial charge is 0.408 e. The lowest BCUT2D eigenvalue weighted by molar-refractivity contribution is -0.139. The number of anilines is 1. The summed E-state index contributed by atoms with van der Waals surface area (Å²) in [5.74, 6) is -1.95. The molecule has 1 aromatic carbocycles. The summed E-state index contributed by atoms with van der Waals surface area (Å²) in [6, 6.07) is 5.77. The van der Waals surface area contributed by atoms with Gasteiger partial charge >= 0.3 is 12.1 Å². The van der Waals surface area contributed by atoms with Crippen LogP contribution in [0.1, 0.15) is 33.3 Å². The van der Waals surface area contributed by atoms with Crippen LogP contribution in [-0.4, -0.2) is 39.9 Å². The summed E-state index contributed by atoms with van der Waals surface area (Å²) in [5, 5.41) is 18.9. The molecule has 0 bridgehead atoms. The molecule has 0 aliphatic rings. The number of nitrogens with two attached hydrogens (primary N) is 1. The molecule has 0 unspecified atom stereocenters. The molecule has 0 fully saturated rings. The van der Waals surface area contributed by atoms with E-state index in [2.05, 4.69) is 5.32 Å².